The van der Waals surface area contributed by atoms with Crippen LogP contribution in [0.5, 0.6) is 5.88 Å². The maximum absolute atomic E-state index is 6.14. The minimum Gasteiger partial charge on any atom is -0.480 e. The van der Waals surface area contributed by atoms with E-state index in [1.54, 1.807) is 24.4 Å². The van der Waals surface area contributed by atoms with E-state index < -0.39 is 0 Å². The Balaban J connectivity index is 2.62. The van der Waals surface area contributed by atoms with E-state index in [4.69, 9.17) is 45.3 Å². The Morgan fingerprint density at radius 3 is 2.44 bits per heavy atom. The standard InChI is InChI=1S/C12H9Cl3N2O/c1-18-12-9(16)4-6(5-17-12)10-7(13)2-3-8(14)11(10)15/h2-5H,16H2,1H3. The van der Waals surface area contributed by atoms with Gasteiger partial charge in [0, 0.05) is 17.3 Å². The molecule has 3 nitrogen and oxygen atoms in total. The summed E-state index contributed by atoms with van der Waals surface area (Å²) in [5, 5.41) is 1.27. The summed E-state index contributed by atoms with van der Waals surface area (Å²) in [7, 11) is 1.50. The normalized spacial score (nSPS) is 10.4. The number of hydrogen-bond acceptors (Lipinski definition) is 3. The molecule has 18 heavy (non-hydrogen) atoms. The summed E-state index contributed by atoms with van der Waals surface area (Å²) >= 11 is 18.2. The van der Waals surface area contributed by atoms with Crippen LogP contribution in [0, 0.1) is 0 Å². The number of nitrogen functional groups attached to an aromatic ring is 1. The molecule has 2 rings (SSSR count). The minimum absolute atomic E-state index is 0.355. The summed E-state index contributed by atoms with van der Waals surface area (Å²) in [6.45, 7) is 0. The highest BCUT2D eigenvalue weighted by molar-refractivity contribution is 6.46. The van der Waals surface area contributed by atoms with Crippen molar-refractivity contribution in [2.75, 3.05) is 12.8 Å². The molecule has 2 N–H and O–H groups in total. The topological polar surface area (TPSA) is 48.1 Å². The average Bonchev–Trinajstić information content (AvgIpc) is 2.35. The van der Waals surface area contributed by atoms with Gasteiger partial charge in [-0.3, -0.25) is 0 Å². The van der Waals surface area contributed by atoms with Crippen molar-refractivity contribution >= 4 is 40.5 Å². The van der Waals surface area contributed by atoms with Gasteiger partial charge in [0.15, 0.2) is 0 Å². The number of nitrogens with zero attached hydrogens (tertiary/aromatic N) is 1. The third kappa shape index (κ3) is 2.34. The molecule has 0 aliphatic rings. The number of halogens is 3. The van der Waals surface area contributed by atoms with Gasteiger partial charge in [-0.25, -0.2) is 4.98 Å². The zero-order chi connectivity index (χ0) is 13.3. The molecule has 0 atom stereocenters. The highest BCUT2D eigenvalue weighted by Gasteiger charge is 2.13. The molecular weight excluding hydrogens is 295 g/mol. The smallest absolute Gasteiger partial charge is 0.236 e. The number of benzene rings is 1. The van der Waals surface area contributed by atoms with Crippen molar-refractivity contribution in [2.45, 2.75) is 0 Å². The summed E-state index contributed by atoms with van der Waals surface area (Å²) in [5.41, 5.74) is 7.50. The lowest BCUT2D eigenvalue weighted by Crippen LogP contribution is -1.96. The summed E-state index contributed by atoms with van der Waals surface area (Å²) in [6.07, 6.45) is 1.58. The Hall–Kier alpha value is -1.16. The van der Waals surface area contributed by atoms with Gasteiger partial charge in [-0.1, -0.05) is 34.8 Å². The Labute approximate surface area is 119 Å². The van der Waals surface area contributed by atoms with Crippen LogP contribution in [-0.4, -0.2) is 12.1 Å². The number of rotatable bonds is 2. The zero-order valence-electron chi connectivity index (χ0n) is 9.38. The van der Waals surface area contributed by atoms with Crippen LogP contribution >= 0.6 is 34.8 Å². The SMILES string of the molecule is COc1ncc(-c2c(Cl)ccc(Cl)c2Cl)cc1N. The number of methoxy groups -OCH3 is 1. The number of nitrogens with two attached hydrogens (primary N) is 1. The second-order valence-corrected chi connectivity index (χ2v) is 4.73. The Bertz CT molecular complexity index is 602. The van der Waals surface area contributed by atoms with Crippen molar-refractivity contribution < 1.29 is 4.74 Å². The third-order valence-electron chi connectivity index (χ3n) is 2.40. The van der Waals surface area contributed by atoms with Crippen LogP contribution in [0.2, 0.25) is 15.1 Å². The van der Waals surface area contributed by atoms with E-state index in [1.807, 2.05) is 0 Å². The van der Waals surface area contributed by atoms with E-state index in [0.717, 1.165) is 0 Å². The Morgan fingerprint density at radius 2 is 1.83 bits per heavy atom. The van der Waals surface area contributed by atoms with E-state index >= 15 is 0 Å². The van der Waals surface area contributed by atoms with E-state index in [-0.39, 0.29) is 0 Å². The van der Waals surface area contributed by atoms with Crippen LogP contribution < -0.4 is 10.5 Å². The molecule has 0 amide bonds. The molecule has 0 saturated heterocycles. The van der Waals surface area contributed by atoms with Crippen LogP contribution in [0.4, 0.5) is 5.69 Å². The van der Waals surface area contributed by atoms with Crippen molar-refractivity contribution in [1.29, 1.82) is 0 Å². The van der Waals surface area contributed by atoms with Gasteiger partial charge >= 0.3 is 0 Å². The molecule has 0 aliphatic heterocycles. The first kappa shape index (κ1) is 13.3. The first-order chi connectivity index (χ1) is 8.54. The molecule has 1 heterocycles. The largest absolute Gasteiger partial charge is 0.480 e. The molecule has 6 heteroatoms. The Kier molecular flexibility index (Phi) is 3.85. The molecular formula is C12H9Cl3N2O. The van der Waals surface area contributed by atoms with Crippen molar-refractivity contribution in [2.24, 2.45) is 0 Å². The van der Waals surface area contributed by atoms with Gasteiger partial charge in [-0.15, -0.1) is 0 Å². The van der Waals surface area contributed by atoms with Gasteiger partial charge in [0.05, 0.1) is 27.9 Å². The van der Waals surface area contributed by atoms with Crippen LogP contribution in [-0.2, 0) is 0 Å². The first-order valence-electron chi connectivity index (χ1n) is 4.98. The average molecular weight is 304 g/mol. The van der Waals surface area contributed by atoms with E-state index in [1.165, 1.54) is 7.11 Å². The van der Waals surface area contributed by atoms with E-state index in [9.17, 15) is 0 Å². The van der Waals surface area contributed by atoms with Crippen LogP contribution in [0.3, 0.4) is 0 Å². The minimum atomic E-state index is 0.355. The van der Waals surface area contributed by atoms with Crippen molar-refractivity contribution in [1.82, 2.24) is 4.98 Å². The summed E-state index contributed by atoms with van der Waals surface area (Å²) < 4.78 is 4.99. The molecule has 1 aromatic heterocycles. The lowest BCUT2D eigenvalue weighted by molar-refractivity contribution is 0.400. The number of aromatic nitrogens is 1. The van der Waals surface area contributed by atoms with Gasteiger partial charge in [-0.05, 0) is 18.2 Å². The molecule has 0 bridgehead atoms. The molecule has 2 aromatic rings. The van der Waals surface area contributed by atoms with Crippen LogP contribution in [0.1, 0.15) is 0 Å². The quantitative estimate of drug-likeness (QED) is 0.841. The van der Waals surface area contributed by atoms with Crippen LogP contribution in [0.15, 0.2) is 24.4 Å². The molecule has 0 saturated carbocycles. The molecule has 1 aromatic carbocycles. The fourth-order valence-corrected chi connectivity index (χ4v) is 2.31. The summed E-state index contributed by atoms with van der Waals surface area (Å²) in [6, 6.07) is 5.00. The number of hydrogen-bond donors (Lipinski definition) is 1. The number of ether oxygens (including phenoxy) is 1. The van der Waals surface area contributed by atoms with Crippen molar-refractivity contribution in [3.8, 4) is 17.0 Å². The van der Waals surface area contributed by atoms with Gasteiger partial charge in [-0.2, -0.15) is 0 Å². The number of pyridine rings is 1. The molecule has 94 valence electrons. The predicted octanol–water partition coefficient (Wildman–Crippen LogP) is 4.30. The molecule has 0 aliphatic carbocycles. The zero-order valence-corrected chi connectivity index (χ0v) is 11.6. The molecule has 0 unspecified atom stereocenters. The second kappa shape index (κ2) is 5.22. The third-order valence-corrected chi connectivity index (χ3v) is 3.52. The van der Waals surface area contributed by atoms with Crippen molar-refractivity contribution in [3.63, 3.8) is 0 Å². The first-order valence-corrected chi connectivity index (χ1v) is 6.11. The van der Waals surface area contributed by atoms with Gasteiger partial charge in [0.25, 0.3) is 0 Å². The highest BCUT2D eigenvalue weighted by atomic mass is 35.5. The molecule has 0 fully saturated rings. The lowest BCUT2D eigenvalue weighted by atomic mass is 10.1. The molecule has 0 spiro atoms. The van der Waals surface area contributed by atoms with Gasteiger partial charge in [0.1, 0.15) is 0 Å². The summed E-state index contributed by atoms with van der Waals surface area (Å²) in [4.78, 5) is 4.08. The fraction of sp³-hybridized carbons (Fsp3) is 0.0833. The fourth-order valence-electron chi connectivity index (χ4n) is 1.57. The van der Waals surface area contributed by atoms with Gasteiger partial charge < -0.3 is 10.5 Å². The number of anilines is 1. The summed E-state index contributed by atoms with van der Waals surface area (Å²) in [5.74, 6) is 0.355. The lowest BCUT2D eigenvalue weighted by Gasteiger charge is -2.10. The predicted molar refractivity (Wildman–Crippen MR) is 75.7 cm³/mol. The maximum atomic E-state index is 6.14. The van der Waals surface area contributed by atoms with Gasteiger partial charge in [0.2, 0.25) is 5.88 Å². The molecule has 0 radical (unpaired) electrons. The monoisotopic (exact) mass is 302 g/mol. The van der Waals surface area contributed by atoms with Crippen LogP contribution in [0.25, 0.3) is 11.1 Å². The van der Waals surface area contributed by atoms with E-state index in [0.29, 0.717) is 37.8 Å². The highest BCUT2D eigenvalue weighted by Crippen LogP contribution is 2.40. The maximum Gasteiger partial charge on any atom is 0.236 e. The van der Waals surface area contributed by atoms with Crippen molar-refractivity contribution in [3.05, 3.63) is 39.5 Å². The van der Waals surface area contributed by atoms with E-state index in [2.05, 4.69) is 4.98 Å². The second-order valence-electron chi connectivity index (χ2n) is 3.54. The Morgan fingerprint density at radius 1 is 1.17 bits per heavy atom.